The van der Waals surface area contributed by atoms with Gasteiger partial charge in [-0.25, -0.2) is 9.67 Å². The molecule has 3 heterocycles. The van der Waals surface area contributed by atoms with Gasteiger partial charge in [0.2, 0.25) is 0 Å². The molecule has 3 rings (SSSR count). The highest BCUT2D eigenvalue weighted by Crippen LogP contribution is 2.23. The number of aryl methyl sites for hydroxylation is 1. The summed E-state index contributed by atoms with van der Waals surface area (Å²) in [6.45, 7) is 0. The van der Waals surface area contributed by atoms with Crippen LogP contribution in [0.3, 0.4) is 0 Å². The third-order valence-electron chi connectivity index (χ3n) is 2.69. The van der Waals surface area contributed by atoms with E-state index in [-0.39, 0.29) is 0 Å². The quantitative estimate of drug-likeness (QED) is 0.731. The molecule has 90 valence electrons. The summed E-state index contributed by atoms with van der Waals surface area (Å²) >= 11 is 0. The fourth-order valence-corrected chi connectivity index (χ4v) is 1.80. The van der Waals surface area contributed by atoms with Gasteiger partial charge in [-0.2, -0.15) is 10.2 Å². The van der Waals surface area contributed by atoms with E-state index >= 15 is 0 Å². The lowest BCUT2D eigenvalue weighted by Crippen LogP contribution is -1.99. The summed E-state index contributed by atoms with van der Waals surface area (Å²) in [4.78, 5) is 4.23. The van der Waals surface area contributed by atoms with Crippen LogP contribution in [0.15, 0.2) is 42.9 Å². The Morgan fingerprint density at radius 2 is 2.06 bits per heavy atom. The van der Waals surface area contributed by atoms with Gasteiger partial charge in [-0.05, 0) is 18.2 Å². The molecule has 0 bridgehead atoms. The molecule has 6 heteroatoms. The van der Waals surface area contributed by atoms with Crippen molar-refractivity contribution >= 4 is 5.69 Å². The molecular formula is C12H12N6. The van der Waals surface area contributed by atoms with Crippen molar-refractivity contribution in [3.8, 4) is 17.2 Å². The number of nitrogens with zero attached hydrogens (tertiary/aromatic N) is 5. The maximum absolute atomic E-state index is 5.99. The topological polar surface area (TPSA) is 74.5 Å². The van der Waals surface area contributed by atoms with Crippen LogP contribution in [0.25, 0.3) is 17.2 Å². The van der Waals surface area contributed by atoms with Crippen molar-refractivity contribution in [2.24, 2.45) is 7.05 Å². The van der Waals surface area contributed by atoms with E-state index in [0.29, 0.717) is 11.4 Å². The maximum Gasteiger partial charge on any atom is 0.153 e. The molecule has 0 fully saturated rings. The summed E-state index contributed by atoms with van der Waals surface area (Å²) < 4.78 is 3.40. The van der Waals surface area contributed by atoms with Crippen LogP contribution < -0.4 is 5.73 Å². The Morgan fingerprint density at radius 1 is 1.17 bits per heavy atom. The van der Waals surface area contributed by atoms with Crippen molar-refractivity contribution in [3.63, 3.8) is 0 Å². The van der Waals surface area contributed by atoms with E-state index in [0.717, 1.165) is 11.5 Å². The van der Waals surface area contributed by atoms with Crippen LogP contribution in [-0.4, -0.2) is 24.5 Å². The number of pyridine rings is 1. The number of nitrogen functional groups attached to an aromatic ring is 1. The summed E-state index contributed by atoms with van der Waals surface area (Å²) in [6.07, 6.45) is 5.19. The highest BCUT2D eigenvalue weighted by atomic mass is 15.3. The molecule has 0 radical (unpaired) electrons. The third-order valence-corrected chi connectivity index (χ3v) is 2.69. The first-order valence-electron chi connectivity index (χ1n) is 5.50. The normalized spacial score (nSPS) is 10.7. The zero-order valence-corrected chi connectivity index (χ0v) is 9.85. The zero-order chi connectivity index (χ0) is 12.5. The van der Waals surface area contributed by atoms with Crippen molar-refractivity contribution < 1.29 is 0 Å². The molecule has 6 nitrogen and oxygen atoms in total. The molecule has 3 aromatic heterocycles. The van der Waals surface area contributed by atoms with Crippen molar-refractivity contribution in [1.82, 2.24) is 24.5 Å². The van der Waals surface area contributed by atoms with Crippen LogP contribution >= 0.6 is 0 Å². The van der Waals surface area contributed by atoms with Gasteiger partial charge in [0, 0.05) is 19.4 Å². The zero-order valence-electron chi connectivity index (χ0n) is 9.85. The Bertz CT molecular complexity index is 667. The van der Waals surface area contributed by atoms with Crippen LogP contribution in [0.4, 0.5) is 5.69 Å². The van der Waals surface area contributed by atoms with E-state index in [4.69, 9.17) is 5.73 Å². The highest BCUT2D eigenvalue weighted by molar-refractivity contribution is 5.69. The highest BCUT2D eigenvalue weighted by Gasteiger charge is 2.12. The molecule has 0 aromatic carbocycles. The molecule has 0 amide bonds. The smallest absolute Gasteiger partial charge is 0.153 e. The Morgan fingerprint density at radius 3 is 2.72 bits per heavy atom. The van der Waals surface area contributed by atoms with Crippen LogP contribution in [0.1, 0.15) is 0 Å². The van der Waals surface area contributed by atoms with Crippen molar-refractivity contribution in [3.05, 3.63) is 42.9 Å². The summed E-state index contributed by atoms with van der Waals surface area (Å²) in [6, 6.07) is 7.52. The molecular weight excluding hydrogens is 228 g/mol. The van der Waals surface area contributed by atoms with E-state index < -0.39 is 0 Å². The lowest BCUT2D eigenvalue weighted by atomic mass is 10.3. The van der Waals surface area contributed by atoms with E-state index in [9.17, 15) is 0 Å². The fourth-order valence-electron chi connectivity index (χ4n) is 1.80. The predicted octanol–water partition coefficient (Wildman–Crippen LogP) is 1.25. The first-order valence-corrected chi connectivity index (χ1v) is 5.50. The molecule has 2 N–H and O–H groups in total. The first kappa shape index (κ1) is 10.5. The molecule has 0 saturated heterocycles. The number of aromatic nitrogens is 5. The average molecular weight is 240 g/mol. The van der Waals surface area contributed by atoms with Gasteiger partial charge in [-0.1, -0.05) is 6.07 Å². The third kappa shape index (κ3) is 1.64. The molecule has 0 spiro atoms. The molecule has 18 heavy (non-hydrogen) atoms. The largest absolute Gasteiger partial charge is 0.396 e. The molecule has 3 aromatic rings. The van der Waals surface area contributed by atoms with Gasteiger partial charge in [0.05, 0.1) is 17.6 Å². The molecule has 0 atom stereocenters. The van der Waals surface area contributed by atoms with E-state index in [1.165, 1.54) is 0 Å². The summed E-state index contributed by atoms with van der Waals surface area (Å²) in [5.41, 5.74) is 8.17. The maximum atomic E-state index is 5.99. The lowest BCUT2D eigenvalue weighted by molar-refractivity contribution is 0.768. The number of nitrogens with two attached hydrogens (primary N) is 1. The summed E-state index contributed by atoms with van der Waals surface area (Å²) in [5.74, 6) is 0.734. The number of hydrogen-bond acceptors (Lipinski definition) is 4. The van der Waals surface area contributed by atoms with Gasteiger partial charge in [0.25, 0.3) is 0 Å². The minimum atomic E-state index is 0.601. The van der Waals surface area contributed by atoms with Gasteiger partial charge in [0.1, 0.15) is 5.69 Å². The molecule has 0 aliphatic rings. The second-order valence-electron chi connectivity index (χ2n) is 3.91. The Balaban J connectivity index is 2.10. The minimum absolute atomic E-state index is 0.601. The van der Waals surface area contributed by atoms with E-state index in [1.54, 1.807) is 28.0 Å². The standard InChI is InChI=1S/C12H12N6/c1-17-10(5-7-15-17)12-9(13)8-18(16-12)11-4-2-3-6-14-11/h2-8H,13H2,1H3. The molecule has 0 aliphatic heterocycles. The van der Waals surface area contributed by atoms with E-state index in [2.05, 4.69) is 15.2 Å². The number of rotatable bonds is 2. The first-order chi connectivity index (χ1) is 8.75. The summed E-state index contributed by atoms with van der Waals surface area (Å²) in [7, 11) is 1.86. The second kappa shape index (κ2) is 3.99. The van der Waals surface area contributed by atoms with Gasteiger partial charge >= 0.3 is 0 Å². The van der Waals surface area contributed by atoms with Crippen LogP contribution in [0.5, 0.6) is 0 Å². The fraction of sp³-hybridized carbons (Fsp3) is 0.0833. The van der Waals surface area contributed by atoms with Crippen LogP contribution in [0, 0.1) is 0 Å². The van der Waals surface area contributed by atoms with Crippen molar-refractivity contribution in [2.75, 3.05) is 5.73 Å². The minimum Gasteiger partial charge on any atom is -0.396 e. The van der Waals surface area contributed by atoms with Gasteiger partial charge in [0.15, 0.2) is 5.82 Å². The van der Waals surface area contributed by atoms with Crippen molar-refractivity contribution in [2.45, 2.75) is 0 Å². The van der Waals surface area contributed by atoms with Gasteiger partial charge < -0.3 is 5.73 Å². The average Bonchev–Trinajstić information content (AvgIpc) is 2.96. The number of anilines is 1. The monoisotopic (exact) mass is 240 g/mol. The second-order valence-corrected chi connectivity index (χ2v) is 3.91. The van der Waals surface area contributed by atoms with Crippen molar-refractivity contribution in [1.29, 1.82) is 0 Å². The van der Waals surface area contributed by atoms with E-state index in [1.807, 2.05) is 31.3 Å². The predicted molar refractivity (Wildman–Crippen MR) is 68.0 cm³/mol. The summed E-state index contributed by atoms with van der Waals surface area (Å²) in [5, 5.41) is 8.56. The van der Waals surface area contributed by atoms with Crippen LogP contribution in [-0.2, 0) is 7.05 Å². The van der Waals surface area contributed by atoms with Gasteiger partial charge in [-0.3, -0.25) is 4.68 Å². The lowest BCUT2D eigenvalue weighted by Gasteiger charge is -1.99. The molecule has 0 saturated carbocycles. The SMILES string of the molecule is Cn1nccc1-c1nn(-c2ccccn2)cc1N. The Kier molecular flexibility index (Phi) is 2.33. The van der Waals surface area contributed by atoms with Gasteiger partial charge in [-0.15, -0.1) is 0 Å². The van der Waals surface area contributed by atoms with Crippen LogP contribution in [0.2, 0.25) is 0 Å². The molecule has 0 aliphatic carbocycles. The molecule has 0 unspecified atom stereocenters. The Labute approximate surface area is 104 Å². The number of hydrogen-bond donors (Lipinski definition) is 1. The Hall–Kier alpha value is -2.63.